The van der Waals surface area contributed by atoms with E-state index in [2.05, 4.69) is 12.2 Å². The molecule has 0 saturated heterocycles. The van der Waals surface area contributed by atoms with Gasteiger partial charge in [-0.3, -0.25) is 0 Å². The van der Waals surface area contributed by atoms with Crippen LogP contribution in [-0.2, 0) is 13.2 Å². The van der Waals surface area contributed by atoms with E-state index in [1.165, 1.54) is 6.07 Å². The van der Waals surface area contributed by atoms with Gasteiger partial charge in [0.05, 0.1) is 6.26 Å². The first-order chi connectivity index (χ1) is 9.29. The summed E-state index contributed by atoms with van der Waals surface area (Å²) in [6.07, 6.45) is 2.80. The van der Waals surface area contributed by atoms with E-state index >= 15 is 0 Å². The normalized spacial score (nSPS) is 10.6. The summed E-state index contributed by atoms with van der Waals surface area (Å²) < 4.78 is 24.1. The van der Waals surface area contributed by atoms with Crippen molar-refractivity contribution in [3.63, 3.8) is 0 Å². The standard InChI is InChI=1S/C15H18FNO2/c1-2-7-17-9-12-8-13(18-10-12)11-19-15-6-4-3-5-14(15)16/h3-6,8,10,17H,2,7,9,11H2,1H3. The van der Waals surface area contributed by atoms with Gasteiger partial charge in [0.15, 0.2) is 11.6 Å². The Labute approximate surface area is 112 Å². The highest BCUT2D eigenvalue weighted by Crippen LogP contribution is 2.18. The van der Waals surface area contributed by atoms with Gasteiger partial charge in [0.25, 0.3) is 0 Å². The Morgan fingerprint density at radius 1 is 1.32 bits per heavy atom. The Kier molecular flexibility index (Phi) is 4.98. The van der Waals surface area contributed by atoms with Gasteiger partial charge >= 0.3 is 0 Å². The first-order valence-electron chi connectivity index (χ1n) is 6.44. The second-order valence-electron chi connectivity index (χ2n) is 4.32. The predicted molar refractivity (Wildman–Crippen MR) is 71.4 cm³/mol. The highest BCUT2D eigenvalue weighted by molar-refractivity contribution is 5.24. The lowest BCUT2D eigenvalue weighted by Gasteiger charge is -2.04. The van der Waals surface area contributed by atoms with E-state index in [0.29, 0.717) is 5.76 Å². The number of rotatable bonds is 7. The van der Waals surface area contributed by atoms with E-state index in [9.17, 15) is 4.39 Å². The van der Waals surface area contributed by atoms with Gasteiger partial charge in [-0.1, -0.05) is 19.1 Å². The molecule has 0 spiro atoms. The molecule has 0 aliphatic heterocycles. The molecule has 1 aromatic carbocycles. The molecule has 2 aromatic rings. The van der Waals surface area contributed by atoms with Gasteiger partial charge in [-0.25, -0.2) is 4.39 Å². The predicted octanol–water partition coefficient (Wildman–Crippen LogP) is 3.50. The summed E-state index contributed by atoms with van der Waals surface area (Å²) in [7, 11) is 0. The van der Waals surface area contributed by atoms with Crippen molar-refractivity contribution in [1.29, 1.82) is 0 Å². The third-order valence-electron chi connectivity index (χ3n) is 2.67. The summed E-state index contributed by atoms with van der Waals surface area (Å²) in [5, 5.41) is 3.29. The molecule has 19 heavy (non-hydrogen) atoms. The molecule has 0 unspecified atom stereocenters. The highest BCUT2D eigenvalue weighted by atomic mass is 19.1. The minimum Gasteiger partial charge on any atom is -0.483 e. The zero-order chi connectivity index (χ0) is 13.5. The highest BCUT2D eigenvalue weighted by Gasteiger charge is 2.05. The molecule has 1 heterocycles. The smallest absolute Gasteiger partial charge is 0.165 e. The maximum absolute atomic E-state index is 13.3. The van der Waals surface area contributed by atoms with Crippen molar-refractivity contribution < 1.29 is 13.5 Å². The number of nitrogens with one attached hydrogen (secondary N) is 1. The zero-order valence-corrected chi connectivity index (χ0v) is 11.0. The molecule has 102 valence electrons. The Bertz CT molecular complexity index is 510. The summed E-state index contributed by atoms with van der Waals surface area (Å²) in [5.74, 6) is 0.569. The minimum absolute atomic E-state index is 0.231. The van der Waals surface area contributed by atoms with Crippen molar-refractivity contribution >= 4 is 0 Å². The van der Waals surface area contributed by atoms with Crippen molar-refractivity contribution in [3.05, 3.63) is 53.7 Å². The molecular formula is C15H18FNO2. The van der Waals surface area contributed by atoms with Crippen molar-refractivity contribution in [2.24, 2.45) is 0 Å². The summed E-state index contributed by atoms with van der Waals surface area (Å²) in [4.78, 5) is 0. The molecule has 2 rings (SSSR count). The van der Waals surface area contributed by atoms with Gasteiger partial charge < -0.3 is 14.5 Å². The largest absolute Gasteiger partial charge is 0.483 e. The third kappa shape index (κ3) is 4.10. The lowest BCUT2D eigenvalue weighted by molar-refractivity contribution is 0.258. The van der Waals surface area contributed by atoms with Crippen molar-refractivity contribution in [3.8, 4) is 5.75 Å². The van der Waals surface area contributed by atoms with Crippen LogP contribution in [0.1, 0.15) is 24.7 Å². The van der Waals surface area contributed by atoms with Gasteiger partial charge in [0.1, 0.15) is 12.4 Å². The van der Waals surface area contributed by atoms with E-state index in [-0.39, 0.29) is 18.2 Å². The molecular weight excluding hydrogens is 245 g/mol. The summed E-state index contributed by atoms with van der Waals surface area (Å²) in [6, 6.07) is 8.26. The molecule has 1 aromatic heterocycles. The first-order valence-corrected chi connectivity index (χ1v) is 6.44. The second kappa shape index (κ2) is 6.95. The lowest BCUT2D eigenvalue weighted by Crippen LogP contribution is -2.13. The number of hydrogen-bond acceptors (Lipinski definition) is 3. The second-order valence-corrected chi connectivity index (χ2v) is 4.32. The van der Waals surface area contributed by atoms with Gasteiger partial charge in [-0.2, -0.15) is 0 Å². The zero-order valence-electron chi connectivity index (χ0n) is 11.0. The topological polar surface area (TPSA) is 34.4 Å². The molecule has 0 atom stereocenters. The number of para-hydroxylation sites is 1. The Balaban J connectivity index is 1.85. The van der Waals surface area contributed by atoms with Crippen LogP contribution in [0, 0.1) is 5.82 Å². The summed E-state index contributed by atoms with van der Waals surface area (Å²) >= 11 is 0. The van der Waals surface area contributed by atoms with Gasteiger partial charge in [-0.05, 0) is 31.2 Å². The van der Waals surface area contributed by atoms with E-state index in [4.69, 9.17) is 9.15 Å². The average molecular weight is 263 g/mol. The maximum Gasteiger partial charge on any atom is 0.165 e. The van der Waals surface area contributed by atoms with Crippen LogP contribution in [-0.4, -0.2) is 6.54 Å². The Morgan fingerprint density at radius 3 is 2.95 bits per heavy atom. The number of ether oxygens (including phenoxy) is 1. The van der Waals surface area contributed by atoms with Crippen LogP contribution in [0.4, 0.5) is 4.39 Å². The van der Waals surface area contributed by atoms with Gasteiger partial charge in [0, 0.05) is 12.1 Å². The van der Waals surface area contributed by atoms with Crippen LogP contribution < -0.4 is 10.1 Å². The molecule has 0 aliphatic rings. The van der Waals surface area contributed by atoms with Crippen LogP contribution in [0.3, 0.4) is 0 Å². The van der Waals surface area contributed by atoms with Crippen LogP contribution in [0.15, 0.2) is 41.0 Å². The minimum atomic E-state index is -0.362. The fourth-order valence-electron chi connectivity index (χ4n) is 1.71. The molecule has 0 amide bonds. The molecule has 0 bridgehead atoms. The van der Waals surface area contributed by atoms with Gasteiger partial charge in [0.2, 0.25) is 0 Å². The molecule has 4 heteroatoms. The fourth-order valence-corrected chi connectivity index (χ4v) is 1.71. The molecule has 0 saturated carbocycles. The summed E-state index contributed by atoms with van der Waals surface area (Å²) in [5.41, 5.74) is 1.07. The third-order valence-corrected chi connectivity index (χ3v) is 2.67. The Morgan fingerprint density at radius 2 is 2.16 bits per heavy atom. The van der Waals surface area contributed by atoms with Crippen LogP contribution in [0.5, 0.6) is 5.75 Å². The number of hydrogen-bond donors (Lipinski definition) is 1. The molecule has 0 radical (unpaired) electrons. The van der Waals surface area contributed by atoms with Crippen LogP contribution >= 0.6 is 0 Å². The number of halogens is 1. The van der Waals surface area contributed by atoms with E-state index in [1.54, 1.807) is 24.5 Å². The van der Waals surface area contributed by atoms with Crippen molar-refractivity contribution in [2.45, 2.75) is 26.5 Å². The van der Waals surface area contributed by atoms with Crippen LogP contribution in [0.25, 0.3) is 0 Å². The van der Waals surface area contributed by atoms with E-state index < -0.39 is 0 Å². The number of benzene rings is 1. The molecule has 1 N–H and O–H groups in total. The van der Waals surface area contributed by atoms with Crippen LogP contribution in [0.2, 0.25) is 0 Å². The maximum atomic E-state index is 13.3. The quantitative estimate of drug-likeness (QED) is 0.776. The molecule has 0 fully saturated rings. The SMILES string of the molecule is CCCNCc1coc(COc2ccccc2F)c1. The van der Waals surface area contributed by atoms with E-state index in [1.807, 2.05) is 6.07 Å². The van der Waals surface area contributed by atoms with Gasteiger partial charge in [-0.15, -0.1) is 0 Å². The monoisotopic (exact) mass is 263 g/mol. The Hall–Kier alpha value is -1.81. The summed E-state index contributed by atoms with van der Waals surface area (Å²) in [6.45, 7) is 4.11. The van der Waals surface area contributed by atoms with Crippen molar-refractivity contribution in [2.75, 3.05) is 6.54 Å². The van der Waals surface area contributed by atoms with Crippen molar-refractivity contribution in [1.82, 2.24) is 5.32 Å². The molecule has 3 nitrogen and oxygen atoms in total. The number of furan rings is 1. The van der Waals surface area contributed by atoms with E-state index in [0.717, 1.165) is 25.1 Å². The first kappa shape index (κ1) is 13.6. The molecule has 0 aliphatic carbocycles. The lowest BCUT2D eigenvalue weighted by atomic mass is 10.3. The fraction of sp³-hybridized carbons (Fsp3) is 0.333. The average Bonchev–Trinajstić information content (AvgIpc) is 2.86.